The van der Waals surface area contributed by atoms with E-state index >= 15 is 0 Å². The van der Waals surface area contributed by atoms with Gasteiger partial charge in [-0.3, -0.25) is 0 Å². The van der Waals surface area contributed by atoms with E-state index in [2.05, 4.69) is 34.8 Å². The molecule has 0 saturated carbocycles. The quantitative estimate of drug-likeness (QED) is 0.642. The Kier molecular flexibility index (Phi) is 4.93. The monoisotopic (exact) mass is 201 g/mol. The van der Waals surface area contributed by atoms with Crippen molar-refractivity contribution < 1.29 is 9.30 Å². The maximum Gasteiger partial charge on any atom is 0.244 e. The molecule has 1 heterocycles. The van der Waals surface area contributed by atoms with Gasteiger partial charge >= 0.3 is 0 Å². The van der Waals surface area contributed by atoms with E-state index in [0.29, 0.717) is 0 Å². The van der Waals surface area contributed by atoms with Gasteiger partial charge in [-0.2, -0.15) is 0 Å². The topological polar surface area (TPSA) is 18.0 Å². The van der Waals surface area contributed by atoms with Crippen molar-refractivity contribution in [3.8, 4) is 0 Å². The Morgan fingerprint density at radius 3 is 3.08 bits per heavy atom. The molecule has 1 aromatic heterocycles. The van der Waals surface area contributed by atoms with Crippen molar-refractivity contribution in [2.75, 3.05) is 19.5 Å². The summed E-state index contributed by atoms with van der Waals surface area (Å²) in [4.78, 5) is 0. The second-order valence-electron chi connectivity index (χ2n) is 2.78. The predicted molar refractivity (Wildman–Crippen MR) is 54.6 cm³/mol. The van der Waals surface area contributed by atoms with Crippen LogP contribution in [-0.2, 0) is 17.2 Å². The molecule has 0 bridgehead atoms. The second-order valence-corrected chi connectivity index (χ2v) is 4.02. The highest BCUT2D eigenvalue weighted by Crippen LogP contribution is 1.97. The van der Waals surface area contributed by atoms with Crippen LogP contribution in [0.15, 0.2) is 18.7 Å². The molecular formula is C9H17N2OS+. The van der Waals surface area contributed by atoms with Gasteiger partial charge < -0.3 is 4.74 Å². The molecule has 0 aliphatic carbocycles. The van der Waals surface area contributed by atoms with Crippen molar-refractivity contribution in [3.05, 3.63) is 18.7 Å². The van der Waals surface area contributed by atoms with Crippen LogP contribution < -0.4 is 4.57 Å². The first-order valence-electron chi connectivity index (χ1n) is 4.48. The summed E-state index contributed by atoms with van der Waals surface area (Å²) < 4.78 is 9.32. The van der Waals surface area contributed by atoms with E-state index < -0.39 is 0 Å². The molecule has 1 rings (SSSR count). The maximum absolute atomic E-state index is 5.00. The molecule has 0 radical (unpaired) electrons. The lowest BCUT2D eigenvalue weighted by Gasteiger charge is -1.94. The van der Waals surface area contributed by atoms with Crippen molar-refractivity contribution in [2.24, 2.45) is 0 Å². The molecule has 0 aliphatic rings. The fourth-order valence-electron chi connectivity index (χ4n) is 1.04. The number of aromatic nitrogens is 2. The Morgan fingerprint density at radius 1 is 1.54 bits per heavy atom. The van der Waals surface area contributed by atoms with Crippen molar-refractivity contribution in [2.45, 2.75) is 19.3 Å². The third-order valence-electron chi connectivity index (χ3n) is 1.74. The van der Waals surface area contributed by atoms with Gasteiger partial charge in [0.1, 0.15) is 24.8 Å². The van der Waals surface area contributed by atoms with Crippen LogP contribution in [0.2, 0.25) is 0 Å². The highest BCUT2D eigenvalue weighted by Gasteiger charge is 2.01. The predicted octanol–water partition coefficient (Wildman–Crippen LogP) is 1.13. The van der Waals surface area contributed by atoms with E-state index in [1.807, 2.05) is 11.8 Å². The third kappa shape index (κ3) is 3.83. The lowest BCUT2D eigenvalue weighted by atomic mass is 10.7. The summed E-state index contributed by atoms with van der Waals surface area (Å²) in [5.74, 6) is 2.20. The summed E-state index contributed by atoms with van der Waals surface area (Å²) in [5.41, 5.74) is 0. The molecule has 0 fully saturated rings. The number of hydrogen-bond donors (Lipinski definition) is 0. The molecule has 0 amide bonds. The van der Waals surface area contributed by atoms with Crippen LogP contribution in [0, 0.1) is 0 Å². The maximum atomic E-state index is 5.00. The smallest absolute Gasteiger partial charge is 0.244 e. The van der Waals surface area contributed by atoms with Gasteiger partial charge in [-0.25, -0.2) is 9.13 Å². The van der Waals surface area contributed by atoms with Gasteiger partial charge in [-0.15, -0.1) is 11.8 Å². The van der Waals surface area contributed by atoms with Gasteiger partial charge in [0, 0.05) is 7.11 Å². The summed E-state index contributed by atoms with van der Waals surface area (Å²) in [6.07, 6.45) is 6.29. The molecule has 1 aromatic rings. The van der Waals surface area contributed by atoms with Crippen LogP contribution in [0.3, 0.4) is 0 Å². The Hall–Kier alpha value is -0.480. The molecule has 13 heavy (non-hydrogen) atoms. The largest absolute Gasteiger partial charge is 0.381 e. The first-order valence-corrected chi connectivity index (χ1v) is 5.63. The minimum Gasteiger partial charge on any atom is -0.381 e. The zero-order valence-electron chi connectivity index (χ0n) is 8.27. The molecule has 0 unspecified atom stereocenters. The molecular weight excluding hydrogens is 184 g/mol. The summed E-state index contributed by atoms with van der Waals surface area (Å²) in [6, 6.07) is 0. The average molecular weight is 201 g/mol. The van der Waals surface area contributed by atoms with Crippen molar-refractivity contribution in [1.82, 2.24) is 4.57 Å². The summed E-state index contributed by atoms with van der Waals surface area (Å²) in [7, 11) is 1.73. The van der Waals surface area contributed by atoms with Gasteiger partial charge in [0.05, 0.1) is 6.61 Å². The molecule has 0 aliphatic heterocycles. The summed E-state index contributed by atoms with van der Waals surface area (Å²) >= 11 is 1.92. The van der Waals surface area contributed by atoms with Gasteiger partial charge in [-0.05, 0) is 5.75 Å². The number of imidazole rings is 1. The minimum absolute atomic E-state index is 0.773. The van der Waals surface area contributed by atoms with E-state index in [4.69, 9.17) is 4.74 Å². The molecule has 3 nitrogen and oxygen atoms in total. The molecule has 0 saturated heterocycles. The van der Waals surface area contributed by atoms with Crippen LogP contribution in [0.25, 0.3) is 0 Å². The van der Waals surface area contributed by atoms with Crippen LogP contribution >= 0.6 is 11.8 Å². The van der Waals surface area contributed by atoms with Gasteiger partial charge in [0.2, 0.25) is 6.33 Å². The first-order chi connectivity index (χ1) is 6.36. The zero-order chi connectivity index (χ0) is 9.52. The number of ether oxygens (including phenoxy) is 1. The van der Waals surface area contributed by atoms with E-state index in [9.17, 15) is 0 Å². The lowest BCUT2D eigenvalue weighted by molar-refractivity contribution is -0.675. The van der Waals surface area contributed by atoms with Gasteiger partial charge in [0.25, 0.3) is 0 Å². The van der Waals surface area contributed by atoms with E-state index in [1.54, 1.807) is 7.11 Å². The first kappa shape index (κ1) is 10.6. The van der Waals surface area contributed by atoms with Crippen molar-refractivity contribution in [1.29, 1.82) is 0 Å². The molecule has 0 spiro atoms. The molecule has 0 N–H and O–H groups in total. The van der Waals surface area contributed by atoms with Crippen LogP contribution in [0.5, 0.6) is 0 Å². The third-order valence-corrected chi connectivity index (χ3v) is 2.63. The molecule has 0 aromatic carbocycles. The van der Waals surface area contributed by atoms with E-state index in [0.717, 1.165) is 24.8 Å². The average Bonchev–Trinajstić information content (AvgIpc) is 2.59. The Labute approximate surface area is 83.7 Å². The molecule has 74 valence electrons. The van der Waals surface area contributed by atoms with E-state index in [1.165, 1.54) is 0 Å². The Morgan fingerprint density at radius 2 is 2.38 bits per heavy atom. The Balaban J connectivity index is 2.34. The fourth-order valence-corrected chi connectivity index (χ4v) is 1.59. The normalized spacial score (nSPS) is 10.6. The van der Waals surface area contributed by atoms with Crippen molar-refractivity contribution in [3.63, 3.8) is 0 Å². The number of nitrogens with zero attached hydrogens (tertiary/aromatic N) is 2. The van der Waals surface area contributed by atoms with Crippen LogP contribution in [-0.4, -0.2) is 24.0 Å². The number of rotatable bonds is 6. The Bertz CT molecular complexity index is 215. The van der Waals surface area contributed by atoms with Gasteiger partial charge in [-0.1, -0.05) is 6.92 Å². The highest BCUT2D eigenvalue weighted by atomic mass is 32.2. The van der Waals surface area contributed by atoms with Gasteiger partial charge in [0.15, 0.2) is 0 Å². The zero-order valence-corrected chi connectivity index (χ0v) is 9.09. The number of thioether (sulfide) groups is 1. The van der Waals surface area contributed by atoms with Crippen LogP contribution in [0.4, 0.5) is 0 Å². The number of hydrogen-bond acceptors (Lipinski definition) is 2. The highest BCUT2D eigenvalue weighted by molar-refractivity contribution is 7.98. The lowest BCUT2D eigenvalue weighted by Crippen LogP contribution is -2.29. The summed E-state index contributed by atoms with van der Waals surface area (Å²) in [6.45, 7) is 3.88. The minimum atomic E-state index is 0.773. The fraction of sp³-hybridized carbons (Fsp3) is 0.667. The standard InChI is InChI=1S/C9H17N2OS/c1-3-13-9-11-5-4-10(8-11)6-7-12-2/h4-5,8H,3,6-7,9H2,1-2H3/q+1. The second kappa shape index (κ2) is 6.05. The van der Waals surface area contributed by atoms with E-state index in [-0.39, 0.29) is 0 Å². The number of methoxy groups -OCH3 is 1. The van der Waals surface area contributed by atoms with Crippen molar-refractivity contribution >= 4 is 11.8 Å². The molecule has 0 atom stereocenters. The van der Waals surface area contributed by atoms with Crippen LogP contribution in [0.1, 0.15) is 6.92 Å². The molecule has 4 heteroatoms. The summed E-state index contributed by atoms with van der Waals surface area (Å²) in [5, 5.41) is 0. The SMILES string of the molecule is CCSC[n+]1ccn(CCOC)c1.